The Morgan fingerprint density at radius 2 is 2.22 bits per heavy atom. The van der Waals surface area contributed by atoms with Crippen LogP contribution in [0.25, 0.3) is 10.1 Å². The molecule has 0 radical (unpaired) electrons. The van der Waals surface area contributed by atoms with Crippen LogP contribution in [0.5, 0.6) is 0 Å². The van der Waals surface area contributed by atoms with Crippen molar-refractivity contribution >= 4 is 39.7 Å². The van der Waals surface area contributed by atoms with Gasteiger partial charge in [0.05, 0.1) is 0 Å². The molecular weight excluding hydrogens is 268 g/mol. The van der Waals surface area contributed by atoms with Crippen LogP contribution in [0.4, 0.5) is 0 Å². The van der Waals surface area contributed by atoms with Crippen LogP contribution < -0.4 is 11.1 Å². The SMILES string of the molecule is CC(N)CCNC(=O)c1ccc2sccc2c1.Cl. The fourth-order valence-corrected chi connectivity index (χ4v) is 2.39. The van der Waals surface area contributed by atoms with Crippen molar-refractivity contribution in [1.82, 2.24) is 5.32 Å². The highest BCUT2D eigenvalue weighted by molar-refractivity contribution is 7.17. The van der Waals surface area contributed by atoms with Crippen molar-refractivity contribution in [2.75, 3.05) is 6.54 Å². The molecule has 98 valence electrons. The van der Waals surface area contributed by atoms with E-state index in [9.17, 15) is 4.79 Å². The molecule has 0 aliphatic carbocycles. The Hall–Kier alpha value is -1.10. The Bertz CT molecular complexity index is 524. The maximum Gasteiger partial charge on any atom is 0.251 e. The van der Waals surface area contributed by atoms with Crippen LogP contribution in [0.3, 0.4) is 0 Å². The Morgan fingerprint density at radius 3 is 2.94 bits per heavy atom. The Kier molecular flexibility index (Phi) is 5.59. The average Bonchev–Trinajstić information content (AvgIpc) is 2.75. The molecule has 0 saturated carbocycles. The summed E-state index contributed by atoms with van der Waals surface area (Å²) in [7, 11) is 0. The highest BCUT2D eigenvalue weighted by Gasteiger charge is 2.06. The molecule has 3 N–H and O–H groups in total. The number of rotatable bonds is 4. The molecule has 1 unspecified atom stereocenters. The van der Waals surface area contributed by atoms with Crippen molar-refractivity contribution in [2.24, 2.45) is 5.73 Å². The highest BCUT2D eigenvalue weighted by atomic mass is 35.5. The number of nitrogens with two attached hydrogens (primary N) is 1. The summed E-state index contributed by atoms with van der Waals surface area (Å²) in [5.74, 6) is -0.0289. The van der Waals surface area contributed by atoms with Gasteiger partial charge in [-0.05, 0) is 48.4 Å². The lowest BCUT2D eigenvalue weighted by Crippen LogP contribution is -2.28. The van der Waals surface area contributed by atoms with Gasteiger partial charge in [-0.15, -0.1) is 23.7 Å². The van der Waals surface area contributed by atoms with E-state index in [-0.39, 0.29) is 24.4 Å². The third-order valence-corrected chi connectivity index (χ3v) is 3.50. The number of benzene rings is 1. The first-order valence-corrected chi connectivity index (χ1v) is 6.56. The summed E-state index contributed by atoms with van der Waals surface area (Å²) in [4.78, 5) is 11.8. The first-order valence-electron chi connectivity index (χ1n) is 5.68. The van der Waals surface area contributed by atoms with Crippen LogP contribution >= 0.6 is 23.7 Å². The molecule has 2 aromatic rings. The van der Waals surface area contributed by atoms with Crippen molar-refractivity contribution < 1.29 is 4.79 Å². The van der Waals surface area contributed by atoms with Crippen molar-refractivity contribution in [3.8, 4) is 0 Å². The molecule has 0 fully saturated rings. The normalized spacial score (nSPS) is 11.9. The topological polar surface area (TPSA) is 55.1 Å². The number of fused-ring (bicyclic) bond motifs is 1. The molecule has 2 rings (SSSR count). The van der Waals surface area contributed by atoms with E-state index in [0.717, 1.165) is 11.8 Å². The maximum absolute atomic E-state index is 11.8. The third-order valence-electron chi connectivity index (χ3n) is 2.60. The van der Waals surface area contributed by atoms with E-state index in [1.807, 2.05) is 36.6 Å². The lowest BCUT2D eigenvalue weighted by atomic mass is 10.1. The minimum atomic E-state index is -0.0289. The van der Waals surface area contributed by atoms with Crippen LogP contribution in [0.2, 0.25) is 0 Å². The zero-order valence-corrected chi connectivity index (χ0v) is 11.8. The predicted molar refractivity (Wildman–Crippen MR) is 79.7 cm³/mol. The van der Waals surface area contributed by atoms with Crippen molar-refractivity contribution in [3.05, 3.63) is 35.2 Å². The van der Waals surface area contributed by atoms with E-state index in [0.29, 0.717) is 12.1 Å². The van der Waals surface area contributed by atoms with Crippen molar-refractivity contribution in [1.29, 1.82) is 0 Å². The van der Waals surface area contributed by atoms with E-state index < -0.39 is 0 Å². The van der Waals surface area contributed by atoms with Gasteiger partial charge in [0.1, 0.15) is 0 Å². The molecule has 1 atom stereocenters. The smallest absolute Gasteiger partial charge is 0.251 e. The summed E-state index contributed by atoms with van der Waals surface area (Å²) >= 11 is 1.68. The third kappa shape index (κ3) is 3.70. The van der Waals surface area contributed by atoms with Gasteiger partial charge in [-0.1, -0.05) is 0 Å². The molecule has 1 heterocycles. The fourth-order valence-electron chi connectivity index (χ4n) is 1.62. The Labute approximate surface area is 117 Å². The number of hydrogen-bond acceptors (Lipinski definition) is 3. The molecule has 1 aromatic heterocycles. The summed E-state index contributed by atoms with van der Waals surface area (Å²) < 4.78 is 1.21. The highest BCUT2D eigenvalue weighted by Crippen LogP contribution is 2.21. The van der Waals surface area contributed by atoms with E-state index in [1.54, 1.807) is 11.3 Å². The average molecular weight is 285 g/mol. The molecule has 1 amide bonds. The second kappa shape index (κ2) is 6.73. The lowest BCUT2D eigenvalue weighted by molar-refractivity contribution is 0.0953. The van der Waals surface area contributed by atoms with E-state index >= 15 is 0 Å². The fraction of sp³-hybridized carbons (Fsp3) is 0.308. The molecule has 0 aliphatic rings. The zero-order chi connectivity index (χ0) is 12.3. The Morgan fingerprint density at radius 1 is 1.44 bits per heavy atom. The number of hydrogen-bond donors (Lipinski definition) is 2. The largest absolute Gasteiger partial charge is 0.352 e. The van der Waals surface area contributed by atoms with Gasteiger partial charge in [0.15, 0.2) is 0 Å². The zero-order valence-electron chi connectivity index (χ0n) is 10.2. The molecular formula is C13H17ClN2OS. The Balaban J connectivity index is 0.00000162. The van der Waals surface area contributed by atoms with E-state index in [1.165, 1.54) is 4.70 Å². The van der Waals surface area contributed by atoms with Crippen molar-refractivity contribution in [3.63, 3.8) is 0 Å². The monoisotopic (exact) mass is 284 g/mol. The summed E-state index contributed by atoms with van der Waals surface area (Å²) in [5, 5.41) is 6.02. The first kappa shape index (κ1) is 15.0. The minimum absolute atomic E-state index is 0. The number of nitrogens with one attached hydrogen (secondary N) is 1. The molecule has 18 heavy (non-hydrogen) atoms. The quantitative estimate of drug-likeness (QED) is 0.907. The summed E-state index contributed by atoms with van der Waals surface area (Å²) in [5.41, 5.74) is 6.34. The minimum Gasteiger partial charge on any atom is -0.352 e. The van der Waals surface area contributed by atoms with E-state index in [4.69, 9.17) is 5.73 Å². The van der Waals surface area contributed by atoms with Gasteiger partial charge in [-0.2, -0.15) is 0 Å². The van der Waals surface area contributed by atoms with Gasteiger partial charge in [0.25, 0.3) is 5.91 Å². The molecule has 0 saturated heterocycles. The van der Waals surface area contributed by atoms with Crippen LogP contribution in [0, 0.1) is 0 Å². The number of amides is 1. The second-order valence-electron chi connectivity index (χ2n) is 4.20. The molecule has 0 spiro atoms. The number of halogens is 1. The van der Waals surface area contributed by atoms with Crippen LogP contribution in [-0.4, -0.2) is 18.5 Å². The van der Waals surface area contributed by atoms with Crippen LogP contribution in [-0.2, 0) is 0 Å². The van der Waals surface area contributed by atoms with Crippen LogP contribution in [0.1, 0.15) is 23.7 Å². The van der Waals surface area contributed by atoms with Gasteiger partial charge in [-0.3, -0.25) is 4.79 Å². The number of carbonyl (C=O) groups is 1. The molecule has 5 heteroatoms. The molecule has 3 nitrogen and oxygen atoms in total. The van der Waals surface area contributed by atoms with Crippen molar-refractivity contribution in [2.45, 2.75) is 19.4 Å². The van der Waals surface area contributed by atoms with Crippen LogP contribution in [0.15, 0.2) is 29.6 Å². The maximum atomic E-state index is 11.8. The van der Waals surface area contributed by atoms with Gasteiger partial charge in [0.2, 0.25) is 0 Å². The summed E-state index contributed by atoms with van der Waals surface area (Å²) in [6.45, 7) is 2.56. The first-order chi connectivity index (χ1) is 8.16. The molecule has 0 bridgehead atoms. The summed E-state index contributed by atoms with van der Waals surface area (Å²) in [6, 6.07) is 7.92. The second-order valence-corrected chi connectivity index (χ2v) is 5.14. The standard InChI is InChI=1S/C13H16N2OS.ClH/c1-9(14)4-6-15-13(16)11-2-3-12-10(8-11)5-7-17-12;/h2-3,5,7-9H,4,6,14H2,1H3,(H,15,16);1H. The molecule has 0 aliphatic heterocycles. The molecule has 1 aromatic carbocycles. The predicted octanol–water partition coefficient (Wildman–Crippen LogP) is 2.79. The van der Waals surface area contributed by atoms with Gasteiger partial charge in [0, 0.05) is 22.8 Å². The van der Waals surface area contributed by atoms with Gasteiger partial charge >= 0.3 is 0 Å². The van der Waals surface area contributed by atoms with Gasteiger partial charge in [-0.25, -0.2) is 0 Å². The van der Waals surface area contributed by atoms with Gasteiger partial charge < -0.3 is 11.1 Å². The lowest BCUT2D eigenvalue weighted by Gasteiger charge is -2.07. The number of carbonyl (C=O) groups excluding carboxylic acids is 1. The van der Waals surface area contributed by atoms with E-state index in [2.05, 4.69) is 5.32 Å². The summed E-state index contributed by atoms with van der Waals surface area (Å²) in [6.07, 6.45) is 0.798. The number of thiophene rings is 1.